The molecule has 0 aromatic heterocycles. The molecule has 0 aromatic carbocycles. The molecule has 0 saturated carbocycles. The molecule has 0 N–H and O–H groups in total. The fourth-order valence-corrected chi connectivity index (χ4v) is 12.2. The van der Waals surface area contributed by atoms with Crippen molar-refractivity contribution in [1.29, 1.82) is 0 Å². The molecule has 21 atom stereocenters. The summed E-state index contributed by atoms with van der Waals surface area (Å²) in [5.74, 6) is -0.417. The van der Waals surface area contributed by atoms with Crippen molar-refractivity contribution in [3.63, 3.8) is 0 Å². The topological polar surface area (TPSA) is 109 Å². The molecular formula is C43H62O11. The molecule has 0 amide bonds. The van der Waals surface area contributed by atoms with Crippen molar-refractivity contribution in [2.75, 3.05) is 0 Å². The maximum atomic E-state index is 14.1. The third-order valence-corrected chi connectivity index (χ3v) is 15.1. The van der Waals surface area contributed by atoms with E-state index in [9.17, 15) is 4.79 Å². The average molecular weight is 755 g/mol. The third-order valence-electron chi connectivity index (χ3n) is 15.1. The van der Waals surface area contributed by atoms with Gasteiger partial charge in [0, 0.05) is 25.2 Å². The summed E-state index contributed by atoms with van der Waals surface area (Å²) in [6.07, 6.45) is 6.99. The molecule has 0 aromatic rings. The Labute approximate surface area is 320 Å². The Bertz CT molecular complexity index is 1470. The molecule has 11 heteroatoms. The number of carbonyl (C=O) groups excluding carboxylic acids is 1. The summed E-state index contributed by atoms with van der Waals surface area (Å²) in [5, 5.41) is 0. The number of fused-ring (bicyclic) bond motifs is 7. The van der Waals surface area contributed by atoms with Crippen molar-refractivity contribution in [2.24, 2.45) is 17.8 Å². The van der Waals surface area contributed by atoms with Gasteiger partial charge in [-0.15, -0.1) is 0 Å². The van der Waals surface area contributed by atoms with Crippen molar-refractivity contribution in [1.82, 2.24) is 0 Å². The Morgan fingerprint density at radius 1 is 0.630 bits per heavy atom. The highest BCUT2D eigenvalue weighted by molar-refractivity contribution is 5.70. The maximum absolute atomic E-state index is 14.1. The SMILES string of the molecule is C=C1C[C@@H]2CC[C@@]34C[C@H]5O[C@H]6[C@@H](O3)[C@H]3O[C@H](CC[C@@H]3O[C@H]6C5O4)CC(=O)O[C@@H]3[C@@H](C)[C@@H]4O[C@H](CC)[C@H](C)C[C@@H]4O[C@H]3C[C@H]3O[C@@H](CC[C@@H]1O2)C[C@@H](C)C3=C. The molecule has 1 spiro atoms. The predicted octanol–water partition coefficient (Wildman–Crippen LogP) is 5.89. The van der Waals surface area contributed by atoms with E-state index >= 15 is 0 Å². The van der Waals surface area contributed by atoms with Crippen molar-refractivity contribution in [3.05, 3.63) is 24.3 Å². The number of esters is 1. The summed E-state index contributed by atoms with van der Waals surface area (Å²) in [6.45, 7) is 17.8. The highest BCUT2D eigenvalue weighted by Gasteiger charge is 2.69. The van der Waals surface area contributed by atoms with E-state index in [1.165, 1.54) is 0 Å². The highest BCUT2D eigenvalue weighted by atomic mass is 16.8. The van der Waals surface area contributed by atoms with Crippen LogP contribution in [0.5, 0.6) is 0 Å². The van der Waals surface area contributed by atoms with Gasteiger partial charge in [-0.3, -0.25) is 4.79 Å². The zero-order valence-electron chi connectivity index (χ0n) is 32.6. The first-order valence-electron chi connectivity index (χ1n) is 21.5. The second-order valence-electron chi connectivity index (χ2n) is 18.8. The summed E-state index contributed by atoms with van der Waals surface area (Å²) in [7, 11) is 0. The van der Waals surface area contributed by atoms with Gasteiger partial charge in [0.2, 0.25) is 0 Å². The zero-order valence-corrected chi connectivity index (χ0v) is 32.6. The van der Waals surface area contributed by atoms with Crippen LogP contribution in [0.4, 0.5) is 0 Å². The number of ether oxygens (including phenoxy) is 10. The maximum Gasteiger partial charge on any atom is 0.308 e. The van der Waals surface area contributed by atoms with E-state index in [2.05, 4.69) is 40.9 Å². The molecule has 54 heavy (non-hydrogen) atoms. The van der Waals surface area contributed by atoms with Crippen molar-refractivity contribution >= 4 is 5.97 Å². The first-order chi connectivity index (χ1) is 26.0. The van der Waals surface area contributed by atoms with Gasteiger partial charge in [0.25, 0.3) is 0 Å². The number of carbonyl (C=O) groups is 1. The van der Waals surface area contributed by atoms with Crippen LogP contribution in [0.1, 0.15) is 111 Å². The van der Waals surface area contributed by atoms with Crippen LogP contribution in [0.25, 0.3) is 0 Å². The van der Waals surface area contributed by atoms with Gasteiger partial charge in [-0.1, -0.05) is 40.9 Å². The minimum atomic E-state index is -0.778. The summed E-state index contributed by atoms with van der Waals surface area (Å²) in [5.41, 5.74) is 2.25. The molecule has 11 nitrogen and oxygen atoms in total. The first kappa shape index (κ1) is 36.9. The molecule has 1 unspecified atom stereocenters. The third kappa shape index (κ3) is 6.38. The fraction of sp³-hybridized carbons (Fsp3) is 0.884. The molecule has 11 fully saturated rings. The quantitative estimate of drug-likeness (QED) is 0.236. The minimum absolute atomic E-state index is 0.000666. The van der Waals surface area contributed by atoms with Crippen LogP contribution in [0.2, 0.25) is 0 Å². The van der Waals surface area contributed by atoms with Gasteiger partial charge < -0.3 is 47.4 Å². The molecule has 0 radical (unpaired) electrons. The predicted molar refractivity (Wildman–Crippen MR) is 194 cm³/mol. The second-order valence-corrected chi connectivity index (χ2v) is 18.8. The highest BCUT2D eigenvalue weighted by Crippen LogP contribution is 2.54. The summed E-state index contributed by atoms with van der Waals surface area (Å²) in [6, 6.07) is 0. The second kappa shape index (κ2) is 14.2. The lowest BCUT2D eigenvalue weighted by Gasteiger charge is -2.51. The van der Waals surface area contributed by atoms with Gasteiger partial charge in [0.15, 0.2) is 5.79 Å². The standard InChI is InChI=1S/C43H62O11/c1-7-28-22(4)16-32-36(49-28)24(6)37-33(48-32)18-31-23(5)20(2)14-25(46-31)8-10-29-21(3)15-27(45-29)12-13-43-19-34-39(53-43)40-41(51-34)42(54-43)38-30(50-40)11-9-26(47-38)17-35(44)52-37/h20,22,24-34,36-42H,3,5,7-19H2,1-2,4,6H3/t20-,22-,24+,25+,26-,27+,28-,29+,30+,31-,32+,33+,34-,36+,37-,38+,39?,40+,41-,42+,43+/m1/s1. The molecule has 11 rings (SSSR count). The summed E-state index contributed by atoms with van der Waals surface area (Å²) < 4.78 is 67.7. The monoisotopic (exact) mass is 754 g/mol. The number of rotatable bonds is 1. The molecule has 12 bridgehead atoms. The van der Waals surface area contributed by atoms with E-state index in [0.717, 1.165) is 62.5 Å². The van der Waals surface area contributed by atoms with Crippen LogP contribution in [0.3, 0.4) is 0 Å². The molecular weight excluding hydrogens is 692 g/mol. The lowest BCUT2D eigenvalue weighted by Crippen LogP contribution is -2.62. The average Bonchev–Trinajstić information content (AvgIpc) is 3.73. The van der Waals surface area contributed by atoms with Gasteiger partial charge in [0.1, 0.15) is 36.6 Å². The molecule has 300 valence electrons. The van der Waals surface area contributed by atoms with Crippen molar-refractivity contribution in [2.45, 2.75) is 221 Å². The van der Waals surface area contributed by atoms with Crippen LogP contribution in [-0.4, -0.2) is 116 Å². The van der Waals surface area contributed by atoms with Crippen molar-refractivity contribution in [3.8, 4) is 0 Å². The molecule has 11 aliphatic heterocycles. The normalized spacial score (nSPS) is 55.7. The van der Waals surface area contributed by atoms with Gasteiger partial charge in [-0.2, -0.15) is 0 Å². The largest absolute Gasteiger partial charge is 0.459 e. The first-order valence-corrected chi connectivity index (χ1v) is 21.5. The number of hydrogen-bond donors (Lipinski definition) is 0. The molecule has 11 aliphatic rings. The molecule has 11 heterocycles. The van der Waals surface area contributed by atoms with Gasteiger partial charge >= 0.3 is 5.97 Å². The Morgan fingerprint density at radius 2 is 1.37 bits per heavy atom. The van der Waals surface area contributed by atoms with E-state index in [4.69, 9.17) is 47.4 Å². The lowest BCUT2D eigenvalue weighted by atomic mass is 9.78. The van der Waals surface area contributed by atoms with E-state index in [1.807, 2.05) is 0 Å². The lowest BCUT2D eigenvalue weighted by molar-refractivity contribution is -0.293. The van der Waals surface area contributed by atoms with Crippen LogP contribution in [0.15, 0.2) is 24.3 Å². The number of hydrogen-bond acceptors (Lipinski definition) is 11. The molecule has 0 aliphatic carbocycles. The summed E-state index contributed by atoms with van der Waals surface area (Å²) >= 11 is 0. The Kier molecular flexibility index (Phi) is 9.67. The Morgan fingerprint density at radius 3 is 2.22 bits per heavy atom. The Balaban J connectivity index is 0.938. The van der Waals surface area contributed by atoms with Crippen molar-refractivity contribution < 1.29 is 52.2 Å². The molecule has 11 saturated heterocycles. The van der Waals surface area contributed by atoms with Crippen LogP contribution < -0.4 is 0 Å². The van der Waals surface area contributed by atoms with Crippen LogP contribution >= 0.6 is 0 Å². The van der Waals surface area contributed by atoms with Crippen LogP contribution in [-0.2, 0) is 52.2 Å². The van der Waals surface area contributed by atoms with E-state index in [0.29, 0.717) is 37.5 Å². The van der Waals surface area contributed by atoms with Crippen LogP contribution in [0, 0.1) is 17.8 Å². The fourth-order valence-electron chi connectivity index (χ4n) is 12.2. The van der Waals surface area contributed by atoms with Gasteiger partial charge in [0.05, 0.1) is 73.6 Å². The van der Waals surface area contributed by atoms with Gasteiger partial charge in [-0.05, 0) is 80.8 Å². The smallest absolute Gasteiger partial charge is 0.308 e. The zero-order chi connectivity index (χ0) is 37.0. The van der Waals surface area contributed by atoms with E-state index < -0.39 is 11.9 Å². The van der Waals surface area contributed by atoms with E-state index in [-0.39, 0.29) is 116 Å². The van der Waals surface area contributed by atoms with Gasteiger partial charge in [-0.25, -0.2) is 0 Å². The minimum Gasteiger partial charge on any atom is -0.459 e. The summed E-state index contributed by atoms with van der Waals surface area (Å²) in [4.78, 5) is 14.1. The van der Waals surface area contributed by atoms with E-state index in [1.54, 1.807) is 0 Å². The Hall–Kier alpha value is -1.41.